The van der Waals surface area contributed by atoms with E-state index in [2.05, 4.69) is 25.9 Å². The lowest BCUT2D eigenvalue weighted by Crippen LogP contribution is -2.57. The molecule has 0 atom stereocenters. The first-order chi connectivity index (χ1) is 13.6. The first kappa shape index (κ1) is 17.0. The molecule has 1 spiro atoms. The van der Waals surface area contributed by atoms with Gasteiger partial charge in [-0.2, -0.15) is 5.26 Å². The number of rotatable bonds is 2. The number of nitriles is 1. The normalized spacial score (nSPS) is 17.7. The number of piperazine rings is 1. The Bertz CT molecular complexity index is 1130. The fourth-order valence-corrected chi connectivity index (χ4v) is 4.30. The zero-order chi connectivity index (χ0) is 19.3. The Labute approximate surface area is 166 Å². The fourth-order valence-electron chi connectivity index (χ4n) is 4.07. The molecule has 2 fully saturated rings. The maximum absolute atomic E-state index is 13.1. The van der Waals surface area contributed by atoms with Crippen LogP contribution in [0.1, 0.15) is 28.8 Å². The van der Waals surface area contributed by atoms with E-state index in [1.807, 2.05) is 4.90 Å². The predicted octanol–water partition coefficient (Wildman–Crippen LogP) is 2.98. The Morgan fingerprint density at radius 1 is 1.29 bits per heavy atom. The number of aromatic amines is 1. The van der Waals surface area contributed by atoms with Gasteiger partial charge >= 0.3 is 0 Å². The van der Waals surface area contributed by atoms with Gasteiger partial charge in [-0.25, -0.2) is 9.97 Å². The van der Waals surface area contributed by atoms with Crippen LogP contribution < -0.4 is 4.90 Å². The van der Waals surface area contributed by atoms with Gasteiger partial charge in [-0.15, -0.1) is 0 Å². The van der Waals surface area contributed by atoms with E-state index < -0.39 is 0 Å². The minimum Gasteiger partial charge on any atom is -0.352 e. The van der Waals surface area contributed by atoms with E-state index in [0.29, 0.717) is 41.4 Å². The monoisotopic (exact) mass is 392 g/mol. The van der Waals surface area contributed by atoms with Gasteiger partial charge in [0.1, 0.15) is 17.8 Å². The molecule has 1 saturated carbocycles. The lowest BCUT2D eigenvalue weighted by atomic mass is 10.1. The topological polar surface area (TPSA) is 88.9 Å². The van der Waals surface area contributed by atoms with Gasteiger partial charge in [0.2, 0.25) is 0 Å². The summed E-state index contributed by atoms with van der Waals surface area (Å²) < 4.78 is 0. The second kappa shape index (κ2) is 6.21. The summed E-state index contributed by atoms with van der Waals surface area (Å²) in [6, 6.07) is 9.01. The number of hydrogen-bond acceptors (Lipinski definition) is 5. The van der Waals surface area contributed by atoms with E-state index in [-0.39, 0.29) is 11.4 Å². The number of halogens is 1. The SMILES string of the molecule is N#Cc1cccc(C(=O)N2CCN(c3ncnc4[nH]cc(Cl)c34)CC23CC3)c1. The maximum atomic E-state index is 13.1. The van der Waals surface area contributed by atoms with Crippen LogP contribution in [-0.4, -0.2) is 50.9 Å². The van der Waals surface area contributed by atoms with Gasteiger partial charge in [0, 0.05) is 31.4 Å². The van der Waals surface area contributed by atoms with Crippen LogP contribution >= 0.6 is 11.6 Å². The molecule has 28 heavy (non-hydrogen) atoms. The van der Waals surface area contributed by atoms with Crippen molar-refractivity contribution in [2.75, 3.05) is 24.5 Å². The van der Waals surface area contributed by atoms with Crippen molar-refractivity contribution in [2.45, 2.75) is 18.4 Å². The number of nitrogens with one attached hydrogen (secondary N) is 1. The Kier molecular flexibility index (Phi) is 3.78. The molecule has 0 radical (unpaired) electrons. The number of aromatic nitrogens is 3. The highest BCUT2D eigenvalue weighted by atomic mass is 35.5. The second-order valence-electron chi connectivity index (χ2n) is 7.35. The molecule has 1 aliphatic carbocycles. The highest BCUT2D eigenvalue weighted by molar-refractivity contribution is 6.36. The van der Waals surface area contributed by atoms with Gasteiger partial charge in [0.25, 0.3) is 5.91 Å². The molecule has 3 heterocycles. The van der Waals surface area contributed by atoms with Gasteiger partial charge in [-0.05, 0) is 31.0 Å². The summed E-state index contributed by atoms with van der Waals surface area (Å²) in [5.41, 5.74) is 1.60. The lowest BCUT2D eigenvalue weighted by Gasteiger charge is -2.43. The Hall–Kier alpha value is -3.11. The first-order valence-electron chi connectivity index (χ1n) is 9.16. The molecule has 5 rings (SSSR count). The van der Waals surface area contributed by atoms with Crippen molar-refractivity contribution in [3.05, 3.63) is 52.9 Å². The average Bonchev–Trinajstić information content (AvgIpc) is 3.39. The molecular formula is C20H17ClN6O. The van der Waals surface area contributed by atoms with Crippen molar-refractivity contribution in [1.82, 2.24) is 19.9 Å². The largest absolute Gasteiger partial charge is 0.352 e. The third kappa shape index (κ3) is 2.60. The van der Waals surface area contributed by atoms with Gasteiger partial charge in [0.05, 0.1) is 27.6 Å². The van der Waals surface area contributed by atoms with Crippen LogP contribution in [0.4, 0.5) is 5.82 Å². The number of fused-ring (bicyclic) bond motifs is 1. The molecule has 140 valence electrons. The smallest absolute Gasteiger partial charge is 0.254 e. The van der Waals surface area contributed by atoms with Gasteiger partial charge in [-0.3, -0.25) is 4.79 Å². The molecule has 7 nitrogen and oxygen atoms in total. The van der Waals surface area contributed by atoms with Crippen molar-refractivity contribution in [2.24, 2.45) is 0 Å². The molecule has 3 aromatic rings. The molecule has 1 aromatic carbocycles. The summed E-state index contributed by atoms with van der Waals surface area (Å²) >= 11 is 6.34. The van der Waals surface area contributed by atoms with Gasteiger partial charge in [0.15, 0.2) is 0 Å². The number of carbonyl (C=O) groups is 1. The summed E-state index contributed by atoms with van der Waals surface area (Å²) in [4.78, 5) is 29.1. The average molecular weight is 393 g/mol. The van der Waals surface area contributed by atoms with Gasteiger partial charge < -0.3 is 14.8 Å². The van der Waals surface area contributed by atoms with E-state index in [9.17, 15) is 4.79 Å². The van der Waals surface area contributed by atoms with Crippen molar-refractivity contribution >= 4 is 34.4 Å². The molecule has 1 aliphatic heterocycles. The van der Waals surface area contributed by atoms with Crippen LogP contribution in [0.25, 0.3) is 11.0 Å². The van der Waals surface area contributed by atoms with Crippen LogP contribution in [-0.2, 0) is 0 Å². The standard InChI is InChI=1S/C20H17ClN6O/c21-15-10-23-17-16(15)18(25-12-24-17)26-6-7-27(20(11-26)4-5-20)19(28)14-3-1-2-13(8-14)9-22/h1-3,8,10,12H,4-7,11H2,(H,23,24,25). The first-order valence-corrected chi connectivity index (χ1v) is 9.54. The number of benzene rings is 1. The minimum absolute atomic E-state index is 0.0123. The Morgan fingerprint density at radius 2 is 2.14 bits per heavy atom. The molecule has 1 amide bonds. The van der Waals surface area contributed by atoms with E-state index >= 15 is 0 Å². The van der Waals surface area contributed by atoms with E-state index in [0.717, 1.165) is 24.0 Å². The van der Waals surface area contributed by atoms with E-state index in [1.165, 1.54) is 6.33 Å². The third-order valence-electron chi connectivity index (χ3n) is 5.66. The highest BCUT2D eigenvalue weighted by Gasteiger charge is 2.53. The number of hydrogen-bond donors (Lipinski definition) is 1. The summed E-state index contributed by atoms with van der Waals surface area (Å²) in [6.45, 7) is 1.98. The second-order valence-corrected chi connectivity index (χ2v) is 7.76. The van der Waals surface area contributed by atoms with Crippen LogP contribution in [0, 0.1) is 11.3 Å². The quantitative estimate of drug-likeness (QED) is 0.724. The van der Waals surface area contributed by atoms with Crippen LogP contribution in [0.2, 0.25) is 5.02 Å². The molecule has 2 aromatic heterocycles. The van der Waals surface area contributed by atoms with Crippen LogP contribution in [0.3, 0.4) is 0 Å². The van der Waals surface area contributed by atoms with Crippen molar-refractivity contribution in [1.29, 1.82) is 5.26 Å². The summed E-state index contributed by atoms with van der Waals surface area (Å²) in [6.07, 6.45) is 5.18. The van der Waals surface area contributed by atoms with E-state index in [4.69, 9.17) is 16.9 Å². The predicted molar refractivity (Wildman–Crippen MR) is 105 cm³/mol. The maximum Gasteiger partial charge on any atom is 0.254 e. The molecule has 0 unspecified atom stereocenters. The zero-order valence-electron chi connectivity index (χ0n) is 15.0. The van der Waals surface area contributed by atoms with Crippen molar-refractivity contribution < 1.29 is 4.79 Å². The molecule has 1 saturated heterocycles. The zero-order valence-corrected chi connectivity index (χ0v) is 15.8. The molecule has 0 bridgehead atoms. The van der Waals surface area contributed by atoms with Crippen LogP contribution in [0.15, 0.2) is 36.8 Å². The number of anilines is 1. The van der Waals surface area contributed by atoms with Crippen molar-refractivity contribution in [3.8, 4) is 6.07 Å². The summed E-state index contributed by atoms with van der Waals surface area (Å²) in [5.74, 6) is 0.794. The van der Waals surface area contributed by atoms with E-state index in [1.54, 1.807) is 30.5 Å². The van der Waals surface area contributed by atoms with Gasteiger partial charge in [-0.1, -0.05) is 17.7 Å². The summed E-state index contributed by atoms with van der Waals surface area (Å²) in [7, 11) is 0. The molecule has 1 N–H and O–H groups in total. The molecule has 2 aliphatic rings. The Morgan fingerprint density at radius 3 is 2.93 bits per heavy atom. The Balaban J connectivity index is 1.44. The fraction of sp³-hybridized carbons (Fsp3) is 0.300. The number of nitrogens with zero attached hydrogens (tertiary/aromatic N) is 5. The van der Waals surface area contributed by atoms with Crippen LogP contribution in [0.5, 0.6) is 0 Å². The molecular weight excluding hydrogens is 376 g/mol. The number of H-pyrrole nitrogens is 1. The third-order valence-corrected chi connectivity index (χ3v) is 5.96. The molecule has 8 heteroatoms. The highest BCUT2D eigenvalue weighted by Crippen LogP contribution is 2.46. The lowest BCUT2D eigenvalue weighted by molar-refractivity contribution is 0.0624. The number of carbonyl (C=O) groups excluding carboxylic acids is 1. The minimum atomic E-state index is -0.183. The number of amides is 1. The van der Waals surface area contributed by atoms with Crippen molar-refractivity contribution in [3.63, 3.8) is 0 Å². The summed E-state index contributed by atoms with van der Waals surface area (Å²) in [5, 5.41) is 10.5.